The van der Waals surface area contributed by atoms with Crippen molar-refractivity contribution in [2.75, 3.05) is 5.75 Å². The molecule has 1 aromatic rings. The Hall–Kier alpha value is -0.302. The molecule has 1 aromatic carbocycles. The van der Waals surface area contributed by atoms with Crippen LogP contribution in [0.1, 0.15) is 52.4 Å². The van der Waals surface area contributed by atoms with Crippen LogP contribution in [0.4, 0.5) is 0 Å². The van der Waals surface area contributed by atoms with E-state index >= 15 is 0 Å². The van der Waals surface area contributed by atoms with Crippen molar-refractivity contribution in [1.82, 2.24) is 12.3 Å². The summed E-state index contributed by atoms with van der Waals surface area (Å²) in [6, 6.07) is 10.0. The summed E-state index contributed by atoms with van der Waals surface area (Å²) in [6.07, 6.45) is 4.58. The predicted molar refractivity (Wildman–Crippen MR) is 117 cm³/mol. The van der Waals surface area contributed by atoms with Crippen molar-refractivity contribution >= 4 is 42.5 Å². The molecule has 0 amide bonds. The fourth-order valence-corrected chi connectivity index (χ4v) is 2.89. The number of hydrogen-bond donors (Lipinski definition) is 4. The van der Waals surface area contributed by atoms with Crippen LogP contribution in [0.5, 0.6) is 0 Å². The van der Waals surface area contributed by atoms with Gasteiger partial charge in [0.25, 0.3) is 0 Å². The quantitative estimate of drug-likeness (QED) is 0.166. The number of thioether (sulfide) groups is 1. The standard InChI is InChI=1S/C10H12O2S.C8H16O2.2ClH.2H3N.Pt/c11-10(12)7-4-8-13-9-5-2-1-3-6-9;1-3-5-7(6-4-2)8(9)10;;;;;/h1-3,5-6H,4,7-8H2,(H,11,12);7H,3-6H2,1-2H3,(H,9,10);2*1H;2*1H3;/q;;;;;;+2/p-2. The van der Waals surface area contributed by atoms with E-state index in [9.17, 15) is 9.59 Å². The monoisotopic (exact) mass is 639 g/mol. The maximum absolute atomic E-state index is 10.5. The number of carboxylic acids is 2. The molecular weight excluding hydrogens is 606 g/mol. The number of carboxylic acid groups (broad SMARTS) is 2. The summed E-state index contributed by atoms with van der Waals surface area (Å²) in [7, 11) is 9.75. The zero-order valence-corrected chi connectivity index (χ0v) is 21.1. The molecule has 0 radical (unpaired) electrons. The molecule has 0 saturated heterocycles. The summed E-state index contributed by atoms with van der Waals surface area (Å²) >= 11 is 1.23. The fraction of sp³-hybridized carbons (Fsp3) is 0.556. The second kappa shape index (κ2) is 26.7. The summed E-state index contributed by atoms with van der Waals surface area (Å²) in [6.45, 7) is 4.04. The van der Waals surface area contributed by atoms with Crippen molar-refractivity contribution in [1.29, 1.82) is 0 Å². The third kappa shape index (κ3) is 25.7. The molecule has 6 nitrogen and oxygen atoms in total. The van der Waals surface area contributed by atoms with E-state index in [-0.39, 0.29) is 24.6 Å². The van der Waals surface area contributed by atoms with E-state index < -0.39 is 28.4 Å². The van der Waals surface area contributed by atoms with Crippen LogP contribution in [-0.4, -0.2) is 27.9 Å². The molecule has 0 aromatic heterocycles. The molecule has 0 aliphatic carbocycles. The Morgan fingerprint density at radius 2 is 1.50 bits per heavy atom. The van der Waals surface area contributed by atoms with Crippen LogP contribution in [0, 0.1) is 5.92 Å². The number of hydrogen-bond acceptors (Lipinski definition) is 5. The van der Waals surface area contributed by atoms with Crippen LogP contribution in [0.3, 0.4) is 0 Å². The topological polar surface area (TPSA) is 145 Å². The molecule has 0 aliphatic heterocycles. The summed E-state index contributed by atoms with van der Waals surface area (Å²) in [5, 5.41) is 17.0. The van der Waals surface area contributed by atoms with Gasteiger partial charge in [0.1, 0.15) is 0 Å². The molecule has 0 heterocycles. The van der Waals surface area contributed by atoms with E-state index in [4.69, 9.17) is 29.0 Å². The van der Waals surface area contributed by atoms with Gasteiger partial charge in [-0.25, -0.2) is 0 Å². The van der Waals surface area contributed by atoms with Crippen LogP contribution in [0.15, 0.2) is 35.2 Å². The molecular formula is C18H34Cl2N2O4PtS. The van der Waals surface area contributed by atoms with Gasteiger partial charge in [-0.1, -0.05) is 44.9 Å². The van der Waals surface area contributed by atoms with Gasteiger partial charge in [-0.05, 0) is 37.1 Å². The first-order valence-electron chi connectivity index (χ1n) is 8.37. The molecule has 8 N–H and O–H groups in total. The van der Waals surface area contributed by atoms with Crippen molar-refractivity contribution in [2.45, 2.75) is 57.3 Å². The van der Waals surface area contributed by atoms with E-state index in [1.165, 1.54) is 4.90 Å². The van der Waals surface area contributed by atoms with Crippen molar-refractivity contribution in [2.24, 2.45) is 5.92 Å². The van der Waals surface area contributed by atoms with E-state index in [1.54, 1.807) is 11.8 Å². The van der Waals surface area contributed by atoms with E-state index in [2.05, 4.69) is 0 Å². The van der Waals surface area contributed by atoms with Gasteiger partial charge < -0.3 is 22.5 Å². The first kappa shape index (κ1) is 35.2. The van der Waals surface area contributed by atoms with Gasteiger partial charge in [-0.3, -0.25) is 9.59 Å². The molecule has 0 spiro atoms. The summed E-state index contributed by atoms with van der Waals surface area (Å²) in [5.74, 6) is -0.580. The fourth-order valence-electron chi connectivity index (χ4n) is 2.02. The van der Waals surface area contributed by atoms with Gasteiger partial charge >= 0.3 is 47.3 Å². The van der Waals surface area contributed by atoms with Crippen LogP contribution in [-0.2, 0) is 26.1 Å². The number of halogens is 2. The van der Waals surface area contributed by atoms with Crippen LogP contribution in [0.25, 0.3) is 0 Å². The SMILES string of the molecule is CCCC(CCC)C(=O)O.N.N.O=C(O)CCCSc1ccccc1.[Cl][Pt][Cl]. The Kier molecular flexibility index (Phi) is 33.5. The van der Waals surface area contributed by atoms with Crippen molar-refractivity contribution in [3.05, 3.63) is 30.3 Å². The van der Waals surface area contributed by atoms with Crippen molar-refractivity contribution in [3.8, 4) is 0 Å². The minimum absolute atomic E-state index is 0. The molecule has 0 saturated carbocycles. The average molecular weight is 641 g/mol. The molecule has 0 atom stereocenters. The minimum atomic E-state index is -0.714. The molecule has 0 unspecified atom stereocenters. The Morgan fingerprint density at radius 3 is 1.86 bits per heavy atom. The summed E-state index contributed by atoms with van der Waals surface area (Å²) < 4.78 is 0. The van der Waals surface area contributed by atoms with Gasteiger partial charge in [-0.15, -0.1) is 11.8 Å². The van der Waals surface area contributed by atoms with Crippen molar-refractivity contribution < 1.29 is 36.3 Å². The van der Waals surface area contributed by atoms with E-state index in [0.29, 0.717) is 0 Å². The van der Waals surface area contributed by atoms with Gasteiger partial charge in [0, 0.05) is 11.3 Å². The van der Waals surface area contributed by atoms with E-state index in [0.717, 1.165) is 37.9 Å². The third-order valence-electron chi connectivity index (χ3n) is 3.17. The molecule has 0 bridgehead atoms. The number of carbonyl (C=O) groups is 2. The van der Waals surface area contributed by atoms with E-state index in [1.807, 2.05) is 44.2 Å². The van der Waals surface area contributed by atoms with Gasteiger partial charge in [0.2, 0.25) is 0 Å². The molecule has 10 heteroatoms. The molecule has 0 aliphatic rings. The molecule has 28 heavy (non-hydrogen) atoms. The summed E-state index contributed by atoms with van der Waals surface area (Å²) in [5.41, 5.74) is 0. The third-order valence-corrected chi connectivity index (χ3v) is 4.27. The summed E-state index contributed by atoms with van der Waals surface area (Å²) in [4.78, 5) is 21.9. The first-order valence-corrected chi connectivity index (χ1v) is 15.0. The van der Waals surface area contributed by atoms with Crippen molar-refractivity contribution in [3.63, 3.8) is 0 Å². The van der Waals surface area contributed by atoms with Gasteiger partial charge in [-0.2, -0.15) is 0 Å². The number of aliphatic carboxylic acids is 2. The molecule has 170 valence electrons. The second-order valence-electron chi connectivity index (χ2n) is 5.32. The zero-order chi connectivity index (χ0) is 20.2. The predicted octanol–water partition coefficient (Wildman–Crippen LogP) is 6.63. The van der Waals surface area contributed by atoms with Gasteiger partial charge in [0.05, 0.1) is 5.92 Å². The Balaban J connectivity index is -0.000000174. The van der Waals surface area contributed by atoms with Crippen LogP contribution < -0.4 is 12.3 Å². The Labute approximate surface area is 189 Å². The zero-order valence-electron chi connectivity index (χ0n) is 16.5. The molecule has 0 fully saturated rings. The van der Waals surface area contributed by atoms with Gasteiger partial charge in [0.15, 0.2) is 0 Å². The van der Waals surface area contributed by atoms with Crippen LogP contribution >= 0.6 is 30.6 Å². The number of benzene rings is 1. The first-order chi connectivity index (χ1) is 12.4. The maximum atomic E-state index is 10.5. The second-order valence-corrected chi connectivity index (χ2v) is 9.77. The molecule has 1 rings (SSSR count). The van der Waals surface area contributed by atoms with Crippen LogP contribution in [0.2, 0.25) is 0 Å². The number of rotatable bonds is 10. The average Bonchev–Trinajstić information content (AvgIpc) is 2.60. The Morgan fingerprint density at radius 1 is 1.04 bits per heavy atom. The normalized spacial score (nSPS) is 9.04. The Bertz CT molecular complexity index is 468.